The summed E-state index contributed by atoms with van der Waals surface area (Å²) in [6.45, 7) is 7.98. The van der Waals surface area contributed by atoms with E-state index in [-0.39, 0.29) is 65.2 Å². The molecule has 4 aromatic rings. The van der Waals surface area contributed by atoms with E-state index < -0.39 is 5.91 Å². The van der Waals surface area contributed by atoms with Gasteiger partial charge < -0.3 is 30.5 Å². The van der Waals surface area contributed by atoms with Crippen LogP contribution in [0.5, 0.6) is 0 Å². The van der Waals surface area contributed by atoms with Gasteiger partial charge in [-0.15, -0.1) is 0 Å². The van der Waals surface area contributed by atoms with Crippen molar-refractivity contribution in [2.75, 3.05) is 68.9 Å². The molecule has 0 aromatic carbocycles. The predicted octanol–water partition coefficient (Wildman–Crippen LogP) is 2.23. The summed E-state index contributed by atoms with van der Waals surface area (Å²) in [5, 5.41) is 15.0. The number of amides is 5. The fourth-order valence-electron chi connectivity index (χ4n) is 8.69. The van der Waals surface area contributed by atoms with Crippen molar-refractivity contribution in [2.45, 2.75) is 70.5 Å². The highest BCUT2D eigenvalue weighted by molar-refractivity contribution is 5.93. The zero-order valence-electron chi connectivity index (χ0n) is 37.8. The van der Waals surface area contributed by atoms with Crippen LogP contribution in [0.25, 0.3) is 0 Å². The molecule has 9 heterocycles. The maximum absolute atomic E-state index is 13.3. The normalized spacial score (nSPS) is 19.9. The Balaban J connectivity index is 0.000000192. The third-order valence-corrected chi connectivity index (χ3v) is 12.4. The van der Waals surface area contributed by atoms with Crippen LogP contribution in [-0.4, -0.2) is 145 Å². The average molecular weight is 932 g/mol. The number of piperidine rings is 2. The first kappa shape index (κ1) is 47.1. The van der Waals surface area contributed by atoms with Gasteiger partial charge in [-0.2, -0.15) is 5.26 Å². The van der Waals surface area contributed by atoms with Crippen LogP contribution >= 0.6 is 0 Å². The van der Waals surface area contributed by atoms with Gasteiger partial charge in [-0.05, 0) is 63.3 Å². The number of rotatable bonds is 10. The number of nitrogens with one attached hydrogen (secondary N) is 1. The Bertz CT molecular complexity index is 2510. The Labute approximate surface area is 391 Å². The van der Waals surface area contributed by atoms with E-state index in [1.807, 2.05) is 16.7 Å². The second-order valence-corrected chi connectivity index (χ2v) is 16.9. The Morgan fingerprint density at radius 1 is 0.779 bits per heavy atom. The lowest BCUT2D eigenvalue weighted by Gasteiger charge is -2.38. The molecule has 5 saturated heterocycles. The molecular weight excluding hydrogens is 879 g/mol. The van der Waals surface area contributed by atoms with E-state index in [9.17, 15) is 29.2 Å². The molecule has 5 aliphatic heterocycles. The van der Waals surface area contributed by atoms with Gasteiger partial charge in [-0.3, -0.25) is 43.8 Å². The number of aryl methyl sites for hydroxylation is 1. The van der Waals surface area contributed by atoms with Crippen molar-refractivity contribution in [3.63, 3.8) is 0 Å². The predicted molar refractivity (Wildman–Crippen MR) is 238 cm³/mol. The van der Waals surface area contributed by atoms with Crippen LogP contribution in [-0.2, 0) is 24.0 Å². The van der Waals surface area contributed by atoms with Gasteiger partial charge in [0, 0.05) is 94.9 Å². The number of pyridine rings is 1. The first-order valence-electron chi connectivity index (χ1n) is 22.7. The van der Waals surface area contributed by atoms with Crippen molar-refractivity contribution in [3.8, 4) is 6.07 Å². The Hall–Kier alpha value is -7.45. The quantitative estimate of drug-likeness (QED) is 0.231. The van der Waals surface area contributed by atoms with Crippen LogP contribution in [0, 0.1) is 30.1 Å². The summed E-state index contributed by atoms with van der Waals surface area (Å²) in [4.78, 5) is 109. The molecule has 23 nitrogen and oxygen atoms in total. The van der Waals surface area contributed by atoms with Gasteiger partial charge in [0.1, 0.15) is 23.5 Å². The molecule has 0 spiro atoms. The minimum atomic E-state index is -0.588. The smallest absolute Gasteiger partial charge is 0.409 e. The molecule has 9 rings (SSSR count). The number of carbonyl (C=O) groups excluding carboxylic acids is 5. The molecule has 5 aliphatic rings. The summed E-state index contributed by atoms with van der Waals surface area (Å²) >= 11 is 0. The largest absolute Gasteiger partial charge is 0.450 e. The maximum atomic E-state index is 13.3. The van der Waals surface area contributed by atoms with Gasteiger partial charge in [0.15, 0.2) is 0 Å². The number of carbonyl (C=O) groups is 5. The van der Waals surface area contributed by atoms with E-state index in [1.165, 1.54) is 33.5 Å². The molecule has 4 aromatic heterocycles. The Morgan fingerprint density at radius 2 is 1.37 bits per heavy atom. The van der Waals surface area contributed by atoms with Crippen molar-refractivity contribution in [1.29, 1.82) is 5.26 Å². The van der Waals surface area contributed by atoms with Gasteiger partial charge in [-0.1, -0.05) is 0 Å². The SMILES string of the molecule is CCOC(=O)N1CC(NC(=O)c2ccnc(N3CCC(C(=O)N4OCC[C@H]4c4cncc(C#N)c4)CC3)n2)C1.Cc1cnc([C@@H]2CCON2C(=O)C2CCN(c3nccc(C(N)=O)n3)CC2)cn1. The Kier molecular flexibility index (Phi) is 14.8. The molecule has 0 radical (unpaired) electrons. The number of anilines is 2. The molecule has 0 saturated carbocycles. The first-order valence-corrected chi connectivity index (χ1v) is 22.7. The van der Waals surface area contributed by atoms with Gasteiger partial charge in [0.2, 0.25) is 23.7 Å². The number of hydrogen-bond donors (Lipinski definition) is 2. The number of hydroxylamine groups is 4. The molecule has 5 amide bonds. The number of nitrogens with zero attached hydrogens (tertiary/aromatic N) is 13. The summed E-state index contributed by atoms with van der Waals surface area (Å²) in [7, 11) is 0. The Morgan fingerprint density at radius 3 is 1.94 bits per heavy atom. The van der Waals surface area contributed by atoms with Crippen molar-refractivity contribution in [3.05, 3.63) is 89.3 Å². The topological polar surface area (TPSA) is 281 Å². The minimum absolute atomic E-state index is 0.0265. The molecule has 0 aliphatic carbocycles. The number of hydrogen-bond acceptors (Lipinski definition) is 18. The van der Waals surface area contributed by atoms with E-state index in [4.69, 9.17) is 20.1 Å². The monoisotopic (exact) mass is 931 g/mol. The molecule has 23 heteroatoms. The fourth-order valence-corrected chi connectivity index (χ4v) is 8.69. The number of aromatic nitrogens is 7. The van der Waals surface area contributed by atoms with Gasteiger partial charge in [0.05, 0.1) is 55.1 Å². The van der Waals surface area contributed by atoms with Gasteiger partial charge in [0.25, 0.3) is 11.8 Å². The molecular formula is C45H53N15O8. The van der Waals surface area contributed by atoms with E-state index in [2.05, 4.69) is 46.3 Å². The summed E-state index contributed by atoms with van der Waals surface area (Å²) in [6.07, 6.45) is 13.1. The average Bonchev–Trinajstić information content (AvgIpc) is 4.07. The van der Waals surface area contributed by atoms with E-state index in [0.717, 1.165) is 17.0 Å². The van der Waals surface area contributed by atoms with Crippen LogP contribution in [0.15, 0.2) is 55.4 Å². The second-order valence-electron chi connectivity index (χ2n) is 16.9. The highest BCUT2D eigenvalue weighted by Crippen LogP contribution is 2.35. The van der Waals surface area contributed by atoms with Crippen LogP contribution in [0.3, 0.4) is 0 Å². The summed E-state index contributed by atoms with van der Waals surface area (Å²) < 4.78 is 4.96. The van der Waals surface area contributed by atoms with Gasteiger partial charge in [-0.25, -0.2) is 34.9 Å². The lowest BCUT2D eigenvalue weighted by atomic mass is 9.94. The zero-order chi connectivity index (χ0) is 47.7. The van der Waals surface area contributed by atoms with E-state index in [1.54, 1.807) is 43.8 Å². The highest BCUT2D eigenvalue weighted by Gasteiger charge is 2.40. The van der Waals surface area contributed by atoms with Crippen LogP contribution in [0.1, 0.15) is 101 Å². The van der Waals surface area contributed by atoms with Crippen molar-refractivity contribution in [1.82, 2.24) is 55.2 Å². The number of likely N-dealkylation sites (tertiary alicyclic amines) is 1. The van der Waals surface area contributed by atoms with Crippen molar-refractivity contribution < 1.29 is 38.4 Å². The summed E-state index contributed by atoms with van der Waals surface area (Å²) in [6, 6.07) is 6.25. The lowest BCUT2D eigenvalue weighted by Crippen LogP contribution is -2.61. The zero-order valence-corrected chi connectivity index (χ0v) is 37.8. The summed E-state index contributed by atoms with van der Waals surface area (Å²) in [5.74, 6) is -0.500. The van der Waals surface area contributed by atoms with Crippen LogP contribution in [0.4, 0.5) is 16.7 Å². The van der Waals surface area contributed by atoms with Crippen molar-refractivity contribution in [2.24, 2.45) is 17.6 Å². The van der Waals surface area contributed by atoms with E-state index in [0.29, 0.717) is 115 Å². The van der Waals surface area contributed by atoms with Crippen LogP contribution < -0.4 is 20.9 Å². The van der Waals surface area contributed by atoms with Crippen molar-refractivity contribution >= 4 is 41.6 Å². The third-order valence-electron chi connectivity index (χ3n) is 12.4. The molecule has 68 heavy (non-hydrogen) atoms. The second kappa shape index (κ2) is 21.5. The standard InChI is InChI=1S/C26H30N8O5.C19H23N7O3/c1-2-38-26(37)33-15-20(16-33)30-23(35)21-3-7-29-25(31-21)32-8-4-18(5-9-32)24(36)34-22(6-10-39-34)19-11-17(12-27)13-28-14-19;1-12-10-23-15(11-22-12)16-5-9-29-26(16)18(28)13-3-7-25(8-4-13)19-21-6-2-14(24-19)17(20)27/h3,7,11,13-14,18,20,22H,2,4-6,8-10,15-16H2,1H3,(H,30,35);2,6,10-11,13,16H,3-5,7-9H2,1H3,(H2,20,27)/t22-;16-/m00/s1. The molecule has 0 unspecified atom stereocenters. The molecule has 356 valence electrons. The molecule has 5 fully saturated rings. The minimum Gasteiger partial charge on any atom is -0.450 e. The molecule has 0 bridgehead atoms. The maximum Gasteiger partial charge on any atom is 0.409 e. The van der Waals surface area contributed by atoms with E-state index >= 15 is 0 Å². The third kappa shape index (κ3) is 10.9. The number of primary amides is 1. The first-order chi connectivity index (χ1) is 33.0. The lowest BCUT2D eigenvalue weighted by molar-refractivity contribution is -0.183. The van der Waals surface area contributed by atoms with Gasteiger partial charge >= 0.3 is 6.09 Å². The summed E-state index contributed by atoms with van der Waals surface area (Å²) in [5.41, 5.74) is 8.53. The molecule has 2 atom stereocenters. The number of nitrogens with two attached hydrogens (primary N) is 1. The molecule has 3 N–H and O–H groups in total. The number of nitriles is 1. The fraction of sp³-hybridized carbons (Fsp3) is 0.489. The number of ether oxygens (including phenoxy) is 1. The highest BCUT2D eigenvalue weighted by atomic mass is 16.7. The van der Waals surface area contributed by atoms with Crippen LogP contribution in [0.2, 0.25) is 0 Å².